The zero-order valence-corrected chi connectivity index (χ0v) is 8.46. The predicted molar refractivity (Wildman–Crippen MR) is 52.5 cm³/mol. The van der Waals surface area contributed by atoms with Gasteiger partial charge in [0.1, 0.15) is 0 Å². The van der Waals surface area contributed by atoms with Crippen molar-refractivity contribution in [2.75, 3.05) is 19.8 Å². The highest BCUT2D eigenvalue weighted by atomic mass is 16.5. The number of aliphatic hydroxyl groups is 1. The van der Waals surface area contributed by atoms with E-state index in [-0.39, 0.29) is 6.61 Å². The van der Waals surface area contributed by atoms with Gasteiger partial charge >= 0.3 is 0 Å². The minimum absolute atomic E-state index is 0.0268. The first-order chi connectivity index (χ1) is 6.14. The fourth-order valence-corrected chi connectivity index (χ4v) is 1.14. The second-order valence-corrected chi connectivity index (χ2v) is 4.41. The summed E-state index contributed by atoms with van der Waals surface area (Å²) in [6.45, 7) is 3.39. The van der Waals surface area contributed by atoms with E-state index < -0.39 is 5.54 Å². The molecule has 78 valence electrons. The molecule has 1 aliphatic carbocycles. The van der Waals surface area contributed by atoms with Gasteiger partial charge in [-0.1, -0.05) is 12.8 Å². The van der Waals surface area contributed by atoms with Crippen LogP contribution in [-0.2, 0) is 4.74 Å². The quantitative estimate of drug-likeness (QED) is 0.582. The highest BCUT2D eigenvalue weighted by molar-refractivity contribution is 4.76. The zero-order valence-electron chi connectivity index (χ0n) is 8.46. The Morgan fingerprint density at radius 1 is 1.46 bits per heavy atom. The normalized spacial score (nSPS) is 21.5. The Morgan fingerprint density at radius 2 is 2.15 bits per heavy atom. The summed E-state index contributed by atoms with van der Waals surface area (Å²) in [7, 11) is 0. The van der Waals surface area contributed by atoms with Gasteiger partial charge in [0.15, 0.2) is 0 Å². The van der Waals surface area contributed by atoms with Gasteiger partial charge in [0, 0.05) is 18.8 Å². The molecule has 0 bridgehead atoms. The maximum atomic E-state index is 8.87. The van der Waals surface area contributed by atoms with E-state index in [0.29, 0.717) is 6.61 Å². The van der Waals surface area contributed by atoms with Crippen molar-refractivity contribution in [1.82, 2.24) is 0 Å². The monoisotopic (exact) mass is 187 g/mol. The molecule has 1 aliphatic rings. The smallest absolute Gasteiger partial charge is 0.0609 e. The summed E-state index contributed by atoms with van der Waals surface area (Å²) >= 11 is 0. The van der Waals surface area contributed by atoms with Crippen LogP contribution >= 0.6 is 0 Å². The van der Waals surface area contributed by atoms with Gasteiger partial charge in [0.05, 0.1) is 6.61 Å². The van der Waals surface area contributed by atoms with Crippen molar-refractivity contribution in [1.29, 1.82) is 0 Å². The third-order valence-electron chi connectivity index (χ3n) is 2.55. The third kappa shape index (κ3) is 5.24. The number of hydrogen-bond donors (Lipinski definition) is 2. The number of hydrogen-bond acceptors (Lipinski definition) is 3. The Kier molecular flexibility index (Phi) is 4.16. The molecule has 1 atom stereocenters. The summed E-state index contributed by atoms with van der Waals surface area (Å²) in [6, 6.07) is 0. The molecule has 3 heteroatoms. The van der Waals surface area contributed by atoms with Crippen LogP contribution in [0.3, 0.4) is 0 Å². The lowest BCUT2D eigenvalue weighted by molar-refractivity contribution is 0.0962. The summed E-state index contributed by atoms with van der Waals surface area (Å²) in [4.78, 5) is 0. The van der Waals surface area contributed by atoms with E-state index in [9.17, 15) is 0 Å². The van der Waals surface area contributed by atoms with Crippen molar-refractivity contribution in [2.24, 2.45) is 11.7 Å². The molecule has 3 N–H and O–H groups in total. The van der Waals surface area contributed by atoms with Gasteiger partial charge in [0.25, 0.3) is 0 Å². The Morgan fingerprint density at radius 3 is 2.69 bits per heavy atom. The van der Waals surface area contributed by atoms with Gasteiger partial charge in [-0.15, -0.1) is 0 Å². The number of nitrogens with two attached hydrogens (primary N) is 1. The minimum atomic E-state index is -0.473. The van der Waals surface area contributed by atoms with E-state index in [1.807, 2.05) is 6.92 Å². The first kappa shape index (κ1) is 11.0. The average Bonchev–Trinajstić information content (AvgIpc) is 2.87. The van der Waals surface area contributed by atoms with Crippen LogP contribution in [0.15, 0.2) is 0 Å². The molecule has 0 aromatic carbocycles. The first-order valence-corrected chi connectivity index (χ1v) is 5.11. The van der Waals surface area contributed by atoms with Gasteiger partial charge in [0.2, 0.25) is 0 Å². The average molecular weight is 187 g/mol. The molecule has 0 spiro atoms. The Labute approximate surface area is 80.3 Å². The molecule has 0 aromatic rings. The third-order valence-corrected chi connectivity index (χ3v) is 2.55. The van der Waals surface area contributed by atoms with Crippen LogP contribution in [-0.4, -0.2) is 30.5 Å². The van der Waals surface area contributed by atoms with Crippen molar-refractivity contribution >= 4 is 0 Å². The lowest BCUT2D eigenvalue weighted by Gasteiger charge is -2.21. The SMILES string of the molecule is CC(N)(CO)CCOCCC1CC1. The van der Waals surface area contributed by atoms with Crippen LogP contribution in [0.25, 0.3) is 0 Å². The highest BCUT2D eigenvalue weighted by Gasteiger charge is 2.21. The van der Waals surface area contributed by atoms with E-state index >= 15 is 0 Å². The van der Waals surface area contributed by atoms with Crippen molar-refractivity contribution in [3.63, 3.8) is 0 Å². The lowest BCUT2D eigenvalue weighted by Crippen LogP contribution is -2.41. The molecule has 0 aliphatic heterocycles. The van der Waals surface area contributed by atoms with Gasteiger partial charge in [-0.05, 0) is 25.7 Å². The van der Waals surface area contributed by atoms with Crippen molar-refractivity contribution < 1.29 is 9.84 Å². The van der Waals surface area contributed by atoms with Crippen molar-refractivity contribution in [2.45, 2.75) is 38.1 Å². The van der Waals surface area contributed by atoms with Crippen LogP contribution in [0, 0.1) is 5.92 Å². The molecule has 1 fully saturated rings. The molecule has 0 saturated heterocycles. The van der Waals surface area contributed by atoms with E-state index in [4.69, 9.17) is 15.6 Å². The van der Waals surface area contributed by atoms with Crippen molar-refractivity contribution in [3.8, 4) is 0 Å². The molecule has 13 heavy (non-hydrogen) atoms. The maximum absolute atomic E-state index is 8.87. The fourth-order valence-electron chi connectivity index (χ4n) is 1.14. The molecule has 0 radical (unpaired) electrons. The second-order valence-electron chi connectivity index (χ2n) is 4.41. The first-order valence-electron chi connectivity index (χ1n) is 5.11. The topological polar surface area (TPSA) is 55.5 Å². The van der Waals surface area contributed by atoms with Crippen LogP contribution < -0.4 is 5.73 Å². The largest absolute Gasteiger partial charge is 0.394 e. The number of rotatable bonds is 7. The molecular formula is C10H21NO2. The Hall–Kier alpha value is -0.120. The maximum Gasteiger partial charge on any atom is 0.0609 e. The van der Waals surface area contributed by atoms with E-state index in [2.05, 4.69) is 0 Å². The van der Waals surface area contributed by atoms with Crippen LogP contribution in [0.5, 0.6) is 0 Å². The Balaban J connectivity index is 1.87. The zero-order chi connectivity index (χ0) is 9.73. The molecular weight excluding hydrogens is 166 g/mol. The lowest BCUT2D eigenvalue weighted by atomic mass is 10.0. The van der Waals surface area contributed by atoms with Gasteiger partial charge in [-0.25, -0.2) is 0 Å². The summed E-state index contributed by atoms with van der Waals surface area (Å²) in [5.74, 6) is 0.933. The molecule has 1 rings (SSSR count). The van der Waals surface area contributed by atoms with Crippen LogP contribution in [0.2, 0.25) is 0 Å². The molecule has 0 aromatic heterocycles. The van der Waals surface area contributed by atoms with Gasteiger partial charge < -0.3 is 15.6 Å². The predicted octanol–water partition coefficient (Wildman–Crippen LogP) is 0.903. The van der Waals surface area contributed by atoms with Crippen LogP contribution in [0.1, 0.15) is 32.6 Å². The summed E-state index contributed by atoms with van der Waals surface area (Å²) in [5, 5.41) is 8.87. The number of ether oxygens (including phenoxy) is 1. The minimum Gasteiger partial charge on any atom is -0.394 e. The molecule has 3 nitrogen and oxygen atoms in total. The summed E-state index contributed by atoms with van der Waals surface area (Å²) < 4.78 is 5.43. The highest BCUT2D eigenvalue weighted by Crippen LogP contribution is 2.32. The molecule has 0 amide bonds. The van der Waals surface area contributed by atoms with Crippen molar-refractivity contribution in [3.05, 3.63) is 0 Å². The second kappa shape index (κ2) is 4.94. The summed E-state index contributed by atoms with van der Waals surface area (Å²) in [5.41, 5.74) is 5.27. The fraction of sp³-hybridized carbons (Fsp3) is 1.00. The molecule has 1 saturated carbocycles. The number of aliphatic hydroxyl groups excluding tert-OH is 1. The summed E-state index contributed by atoms with van der Waals surface area (Å²) in [6.07, 6.45) is 4.69. The molecule has 0 heterocycles. The molecule has 1 unspecified atom stereocenters. The van der Waals surface area contributed by atoms with E-state index in [0.717, 1.165) is 18.9 Å². The Bertz CT molecular complexity index is 144. The van der Waals surface area contributed by atoms with Gasteiger partial charge in [-0.3, -0.25) is 0 Å². The van der Waals surface area contributed by atoms with E-state index in [1.165, 1.54) is 19.3 Å². The van der Waals surface area contributed by atoms with Gasteiger partial charge in [-0.2, -0.15) is 0 Å². The van der Waals surface area contributed by atoms with Crippen LogP contribution in [0.4, 0.5) is 0 Å². The standard InChI is InChI=1S/C10H21NO2/c1-10(11,8-12)5-7-13-6-4-9-2-3-9/h9,12H,2-8,11H2,1H3. The van der Waals surface area contributed by atoms with E-state index in [1.54, 1.807) is 0 Å².